The Labute approximate surface area is 217 Å². The minimum atomic E-state index is -0.0792. The minimum absolute atomic E-state index is 0.0134. The Bertz CT molecular complexity index is 1500. The van der Waals surface area contributed by atoms with Gasteiger partial charge in [0.05, 0.1) is 23.9 Å². The highest BCUT2D eigenvalue weighted by Gasteiger charge is 2.42. The molecule has 1 aromatic carbocycles. The van der Waals surface area contributed by atoms with Gasteiger partial charge in [-0.15, -0.1) is 10.2 Å². The van der Waals surface area contributed by atoms with Gasteiger partial charge in [-0.2, -0.15) is 0 Å². The zero-order valence-corrected chi connectivity index (χ0v) is 22.3. The number of hydrogen-bond donors (Lipinski definition) is 0. The SMILES string of the molecule is CC(C)n1c(=O)n(C)c2nnc3ccc(-c4ccc([C@@H](C)OCCN5CCC6(CCC6)C5)nc4)cc3c21. The summed E-state index contributed by atoms with van der Waals surface area (Å²) >= 11 is 0. The number of ether oxygens (including phenoxy) is 1. The second-order valence-corrected chi connectivity index (χ2v) is 11.3. The molecular weight excluding hydrogens is 464 g/mol. The number of fused-ring (bicyclic) bond motifs is 3. The Hall–Kier alpha value is -3.10. The van der Waals surface area contributed by atoms with Crippen molar-refractivity contribution in [2.24, 2.45) is 12.5 Å². The summed E-state index contributed by atoms with van der Waals surface area (Å²) < 4.78 is 9.52. The first-order valence-electron chi connectivity index (χ1n) is 13.5. The monoisotopic (exact) mass is 500 g/mol. The molecule has 1 saturated heterocycles. The molecule has 6 rings (SSSR count). The zero-order valence-electron chi connectivity index (χ0n) is 22.3. The van der Waals surface area contributed by atoms with E-state index in [1.165, 1.54) is 38.8 Å². The summed E-state index contributed by atoms with van der Waals surface area (Å²) in [4.78, 5) is 20.2. The fourth-order valence-corrected chi connectivity index (χ4v) is 6.12. The van der Waals surface area contributed by atoms with Gasteiger partial charge in [0.1, 0.15) is 5.52 Å². The molecule has 8 nitrogen and oxygen atoms in total. The molecule has 1 spiro atoms. The highest BCUT2D eigenvalue weighted by Crippen LogP contribution is 2.47. The second-order valence-electron chi connectivity index (χ2n) is 11.3. The molecule has 2 fully saturated rings. The number of likely N-dealkylation sites (tertiary alicyclic amines) is 1. The van der Waals surface area contributed by atoms with Gasteiger partial charge in [-0.05, 0) is 75.8 Å². The number of benzene rings is 1. The van der Waals surface area contributed by atoms with Gasteiger partial charge >= 0.3 is 5.69 Å². The van der Waals surface area contributed by atoms with Gasteiger partial charge in [0.25, 0.3) is 0 Å². The van der Waals surface area contributed by atoms with Gasteiger partial charge in [0.15, 0.2) is 5.65 Å². The average Bonchev–Trinajstić information content (AvgIpc) is 3.43. The van der Waals surface area contributed by atoms with Crippen LogP contribution in [0.3, 0.4) is 0 Å². The van der Waals surface area contributed by atoms with Crippen LogP contribution < -0.4 is 5.69 Å². The first-order chi connectivity index (χ1) is 17.8. The molecule has 0 N–H and O–H groups in total. The van der Waals surface area contributed by atoms with Crippen molar-refractivity contribution in [2.75, 3.05) is 26.2 Å². The van der Waals surface area contributed by atoms with Crippen LogP contribution in [-0.4, -0.2) is 55.5 Å². The number of nitrogens with zero attached hydrogens (tertiary/aromatic N) is 6. The molecule has 0 bridgehead atoms. The highest BCUT2D eigenvalue weighted by molar-refractivity contribution is 6.02. The van der Waals surface area contributed by atoms with Crippen LogP contribution in [0.15, 0.2) is 41.3 Å². The number of aryl methyl sites for hydroxylation is 1. The molecule has 1 saturated carbocycles. The van der Waals surface area contributed by atoms with Crippen LogP contribution in [0.5, 0.6) is 0 Å². The number of rotatable bonds is 7. The summed E-state index contributed by atoms with van der Waals surface area (Å²) in [6.07, 6.45) is 7.45. The molecule has 194 valence electrons. The summed E-state index contributed by atoms with van der Waals surface area (Å²) in [7, 11) is 1.75. The van der Waals surface area contributed by atoms with Crippen molar-refractivity contribution in [2.45, 2.75) is 58.6 Å². The average molecular weight is 501 g/mol. The van der Waals surface area contributed by atoms with E-state index in [0.717, 1.165) is 46.4 Å². The van der Waals surface area contributed by atoms with Crippen molar-refractivity contribution >= 4 is 22.1 Å². The van der Waals surface area contributed by atoms with E-state index in [1.54, 1.807) is 16.2 Å². The molecule has 4 aromatic rings. The fourth-order valence-electron chi connectivity index (χ4n) is 6.12. The van der Waals surface area contributed by atoms with Crippen LogP contribution in [0, 0.1) is 5.41 Å². The third-order valence-corrected chi connectivity index (χ3v) is 8.53. The summed E-state index contributed by atoms with van der Waals surface area (Å²) in [6.45, 7) is 10.3. The molecule has 1 aliphatic heterocycles. The topological polar surface area (TPSA) is 78.1 Å². The van der Waals surface area contributed by atoms with Gasteiger partial charge in [0.2, 0.25) is 0 Å². The van der Waals surface area contributed by atoms with Crippen molar-refractivity contribution in [3.8, 4) is 11.1 Å². The number of imidazole rings is 1. The lowest BCUT2D eigenvalue weighted by Gasteiger charge is -2.38. The summed E-state index contributed by atoms with van der Waals surface area (Å²) in [5.74, 6) is 0. The third-order valence-electron chi connectivity index (χ3n) is 8.53. The van der Waals surface area contributed by atoms with E-state index in [4.69, 9.17) is 9.72 Å². The van der Waals surface area contributed by atoms with E-state index < -0.39 is 0 Å². The van der Waals surface area contributed by atoms with Gasteiger partial charge in [-0.3, -0.25) is 14.1 Å². The lowest BCUT2D eigenvalue weighted by atomic mass is 9.68. The normalized spacial score (nSPS) is 18.3. The molecule has 0 amide bonds. The van der Waals surface area contributed by atoms with E-state index in [2.05, 4.69) is 40.2 Å². The number of aromatic nitrogens is 5. The third kappa shape index (κ3) is 4.26. The van der Waals surface area contributed by atoms with Crippen LogP contribution in [0.1, 0.15) is 64.3 Å². The van der Waals surface area contributed by atoms with Gasteiger partial charge in [-0.25, -0.2) is 4.79 Å². The fraction of sp³-hybridized carbons (Fsp3) is 0.517. The van der Waals surface area contributed by atoms with Crippen LogP contribution >= 0.6 is 0 Å². The molecule has 3 aromatic heterocycles. The molecule has 1 aliphatic carbocycles. The van der Waals surface area contributed by atoms with Crippen LogP contribution in [0.4, 0.5) is 0 Å². The molecule has 2 aliphatic rings. The Kier molecular flexibility index (Phi) is 6.12. The molecule has 0 unspecified atom stereocenters. The molecular formula is C29H36N6O2. The molecule has 1 atom stereocenters. The quantitative estimate of drug-likeness (QED) is 0.360. The van der Waals surface area contributed by atoms with Crippen molar-refractivity contribution in [3.63, 3.8) is 0 Å². The Morgan fingerprint density at radius 1 is 1.05 bits per heavy atom. The van der Waals surface area contributed by atoms with Crippen molar-refractivity contribution in [1.82, 2.24) is 29.2 Å². The Morgan fingerprint density at radius 3 is 2.54 bits per heavy atom. The summed E-state index contributed by atoms with van der Waals surface area (Å²) in [5, 5.41) is 9.62. The second kappa shape index (κ2) is 9.33. The first kappa shape index (κ1) is 24.2. The predicted octanol–water partition coefficient (Wildman–Crippen LogP) is 4.88. The lowest BCUT2D eigenvalue weighted by molar-refractivity contribution is 0.0443. The molecule has 8 heteroatoms. The largest absolute Gasteiger partial charge is 0.371 e. The first-order valence-corrected chi connectivity index (χ1v) is 13.5. The van der Waals surface area contributed by atoms with E-state index in [-0.39, 0.29) is 17.8 Å². The maximum Gasteiger partial charge on any atom is 0.330 e. The predicted molar refractivity (Wildman–Crippen MR) is 146 cm³/mol. The molecule has 37 heavy (non-hydrogen) atoms. The standard InChI is InChI=1S/C29H36N6O2/c1-19(2)35-26-23-16-21(6-9-25(23)31-32-27(26)33(4)28(35)36)22-7-8-24(30-17-22)20(3)37-15-14-34-13-12-29(18-34)10-5-11-29/h6-9,16-17,19-20H,5,10-15,18H2,1-4H3/t20-/m1/s1. The zero-order chi connectivity index (χ0) is 25.7. The van der Waals surface area contributed by atoms with Crippen LogP contribution in [0.2, 0.25) is 0 Å². The van der Waals surface area contributed by atoms with Gasteiger partial charge < -0.3 is 9.64 Å². The number of pyridine rings is 1. The lowest BCUT2D eigenvalue weighted by Crippen LogP contribution is -2.34. The maximum atomic E-state index is 12.9. The van der Waals surface area contributed by atoms with E-state index in [1.807, 2.05) is 32.2 Å². The highest BCUT2D eigenvalue weighted by atomic mass is 16.5. The van der Waals surface area contributed by atoms with Crippen LogP contribution in [0.25, 0.3) is 33.2 Å². The van der Waals surface area contributed by atoms with Crippen molar-refractivity contribution < 1.29 is 4.74 Å². The molecule has 4 heterocycles. The number of hydrogen-bond acceptors (Lipinski definition) is 6. The van der Waals surface area contributed by atoms with Crippen molar-refractivity contribution in [3.05, 3.63) is 52.7 Å². The van der Waals surface area contributed by atoms with Crippen LogP contribution in [-0.2, 0) is 11.8 Å². The van der Waals surface area contributed by atoms with E-state index >= 15 is 0 Å². The Morgan fingerprint density at radius 2 is 1.86 bits per heavy atom. The smallest absolute Gasteiger partial charge is 0.330 e. The summed E-state index contributed by atoms with van der Waals surface area (Å²) in [5.41, 5.74) is 5.72. The van der Waals surface area contributed by atoms with Gasteiger partial charge in [-0.1, -0.05) is 18.6 Å². The van der Waals surface area contributed by atoms with Gasteiger partial charge in [0, 0.05) is 43.3 Å². The van der Waals surface area contributed by atoms with Crippen molar-refractivity contribution in [1.29, 1.82) is 0 Å². The Balaban J connectivity index is 1.19. The molecule has 0 radical (unpaired) electrons. The maximum absolute atomic E-state index is 12.9. The van der Waals surface area contributed by atoms with E-state index in [9.17, 15) is 4.79 Å². The summed E-state index contributed by atoms with van der Waals surface area (Å²) in [6, 6.07) is 10.2. The minimum Gasteiger partial charge on any atom is -0.371 e. The van der Waals surface area contributed by atoms with E-state index in [0.29, 0.717) is 11.1 Å².